The van der Waals surface area contributed by atoms with E-state index in [0.717, 1.165) is 56.3 Å². The van der Waals surface area contributed by atoms with E-state index < -0.39 is 11.6 Å². The molecule has 0 spiro atoms. The molecule has 0 N–H and O–H groups in total. The van der Waals surface area contributed by atoms with Crippen LogP contribution in [0.1, 0.15) is 36.5 Å². The summed E-state index contributed by atoms with van der Waals surface area (Å²) in [4.78, 5) is 21.7. The summed E-state index contributed by atoms with van der Waals surface area (Å²) in [5.41, 5.74) is 0.562. The van der Waals surface area contributed by atoms with Crippen LogP contribution >= 0.6 is 11.3 Å². The first-order chi connectivity index (χ1) is 16.5. The van der Waals surface area contributed by atoms with Gasteiger partial charge in [-0.05, 0) is 43.2 Å². The van der Waals surface area contributed by atoms with Gasteiger partial charge in [-0.15, -0.1) is 0 Å². The van der Waals surface area contributed by atoms with Crippen LogP contribution in [-0.2, 0) is 4.74 Å². The monoisotopic (exact) mass is 489 g/mol. The molecule has 0 atom stereocenters. The molecule has 0 radical (unpaired) electrons. The van der Waals surface area contributed by atoms with Crippen LogP contribution in [0.4, 0.5) is 13.9 Å². The number of unbranched alkanes of at least 4 members (excludes halogenated alkanes) is 1. The molecule has 0 saturated carbocycles. The normalized spacial score (nSPS) is 14.4. The first kappa shape index (κ1) is 24.5. The molecule has 6 nitrogen and oxygen atoms in total. The van der Waals surface area contributed by atoms with Gasteiger partial charge >= 0.3 is 0 Å². The van der Waals surface area contributed by atoms with Crippen LogP contribution in [-0.4, -0.2) is 61.8 Å². The minimum atomic E-state index is -0.730. The summed E-state index contributed by atoms with van der Waals surface area (Å²) in [7, 11) is 0. The standard InChI is InChI=1S/C25H29F2N3O3S/c1-2-3-13-33-20-7-5-18(6-8-20)24(31)30(10-4-9-29-11-14-32-15-12-29)25-28-23-21(27)16-19(26)17-22(23)34-25/h5-8,16-17H,2-4,9-15H2,1H3. The number of thiazole rings is 1. The van der Waals surface area contributed by atoms with Crippen molar-refractivity contribution < 1.29 is 23.0 Å². The van der Waals surface area contributed by atoms with E-state index in [1.54, 1.807) is 29.2 Å². The number of carbonyl (C=O) groups excluding carboxylic acids is 1. The summed E-state index contributed by atoms with van der Waals surface area (Å²) in [5, 5.41) is 0.356. The minimum absolute atomic E-state index is 0.0760. The van der Waals surface area contributed by atoms with Crippen molar-refractivity contribution in [2.24, 2.45) is 0 Å². The molecular weight excluding hydrogens is 460 g/mol. The van der Waals surface area contributed by atoms with Crippen molar-refractivity contribution in [3.05, 3.63) is 53.6 Å². The van der Waals surface area contributed by atoms with Crippen LogP contribution in [0.25, 0.3) is 10.2 Å². The number of amides is 1. The van der Waals surface area contributed by atoms with Gasteiger partial charge in [0.1, 0.15) is 17.1 Å². The van der Waals surface area contributed by atoms with Crippen molar-refractivity contribution in [3.63, 3.8) is 0 Å². The lowest BCUT2D eigenvalue weighted by Crippen LogP contribution is -2.39. The largest absolute Gasteiger partial charge is 0.494 e. The van der Waals surface area contributed by atoms with Crippen molar-refractivity contribution in [2.45, 2.75) is 26.2 Å². The average molecular weight is 490 g/mol. The highest BCUT2D eigenvalue weighted by Crippen LogP contribution is 2.32. The Kier molecular flexibility index (Phi) is 8.42. The Bertz CT molecular complexity index is 1100. The molecule has 1 aliphatic heterocycles. The predicted octanol–water partition coefficient (Wildman–Crippen LogP) is 5.12. The zero-order chi connectivity index (χ0) is 23.9. The molecule has 2 heterocycles. The third kappa shape index (κ3) is 6.08. The molecule has 34 heavy (non-hydrogen) atoms. The number of carbonyl (C=O) groups is 1. The molecule has 1 fully saturated rings. The highest BCUT2D eigenvalue weighted by Gasteiger charge is 2.23. The highest BCUT2D eigenvalue weighted by molar-refractivity contribution is 7.22. The van der Waals surface area contributed by atoms with Gasteiger partial charge in [0, 0.05) is 37.8 Å². The predicted molar refractivity (Wildman–Crippen MR) is 130 cm³/mol. The molecule has 9 heteroatoms. The van der Waals surface area contributed by atoms with Gasteiger partial charge in [-0.25, -0.2) is 13.8 Å². The molecule has 1 saturated heterocycles. The molecule has 4 rings (SSSR count). The van der Waals surface area contributed by atoms with Gasteiger partial charge in [-0.3, -0.25) is 14.6 Å². The average Bonchev–Trinajstić information content (AvgIpc) is 3.27. The lowest BCUT2D eigenvalue weighted by atomic mass is 10.2. The first-order valence-corrected chi connectivity index (χ1v) is 12.5. The third-order valence-corrected chi connectivity index (χ3v) is 6.73. The van der Waals surface area contributed by atoms with E-state index in [-0.39, 0.29) is 11.4 Å². The van der Waals surface area contributed by atoms with Crippen molar-refractivity contribution >= 4 is 32.6 Å². The maximum absolute atomic E-state index is 14.3. The highest BCUT2D eigenvalue weighted by atomic mass is 32.1. The number of nitrogens with zero attached hydrogens (tertiary/aromatic N) is 3. The number of hydrogen-bond acceptors (Lipinski definition) is 6. The molecule has 0 aliphatic carbocycles. The lowest BCUT2D eigenvalue weighted by Gasteiger charge is -2.27. The van der Waals surface area contributed by atoms with Crippen molar-refractivity contribution in [2.75, 3.05) is 50.9 Å². The number of aromatic nitrogens is 1. The van der Waals surface area contributed by atoms with Crippen LogP contribution in [0.5, 0.6) is 5.75 Å². The smallest absolute Gasteiger partial charge is 0.260 e. The van der Waals surface area contributed by atoms with Crippen LogP contribution in [0.15, 0.2) is 36.4 Å². The van der Waals surface area contributed by atoms with Gasteiger partial charge in [0.15, 0.2) is 10.9 Å². The zero-order valence-electron chi connectivity index (χ0n) is 19.3. The van der Waals surface area contributed by atoms with Crippen LogP contribution in [0.2, 0.25) is 0 Å². The molecule has 0 unspecified atom stereocenters. The van der Waals surface area contributed by atoms with E-state index in [9.17, 15) is 13.6 Å². The van der Waals surface area contributed by atoms with E-state index in [1.807, 2.05) is 0 Å². The second kappa shape index (κ2) is 11.7. The molecule has 1 aromatic heterocycles. The van der Waals surface area contributed by atoms with E-state index in [4.69, 9.17) is 9.47 Å². The van der Waals surface area contributed by atoms with Gasteiger partial charge in [-0.1, -0.05) is 24.7 Å². The maximum atomic E-state index is 14.3. The summed E-state index contributed by atoms with van der Waals surface area (Å²) in [5.74, 6) is -0.917. The molecule has 1 amide bonds. The first-order valence-electron chi connectivity index (χ1n) is 11.7. The number of fused-ring (bicyclic) bond motifs is 1. The minimum Gasteiger partial charge on any atom is -0.494 e. The summed E-state index contributed by atoms with van der Waals surface area (Å²) in [6, 6.07) is 9.08. The number of benzene rings is 2. The Morgan fingerprint density at radius 2 is 1.94 bits per heavy atom. The van der Waals surface area contributed by atoms with E-state index in [2.05, 4.69) is 16.8 Å². The molecule has 0 bridgehead atoms. The fourth-order valence-corrected chi connectivity index (χ4v) is 4.84. The zero-order valence-corrected chi connectivity index (χ0v) is 20.1. The Morgan fingerprint density at radius 1 is 1.18 bits per heavy atom. The van der Waals surface area contributed by atoms with Crippen LogP contribution in [0, 0.1) is 11.6 Å². The molecular formula is C25H29F2N3O3S. The van der Waals surface area contributed by atoms with Crippen molar-refractivity contribution in [1.29, 1.82) is 0 Å². The van der Waals surface area contributed by atoms with Crippen LogP contribution < -0.4 is 9.64 Å². The number of anilines is 1. The summed E-state index contributed by atoms with van der Waals surface area (Å²) >= 11 is 1.12. The quantitative estimate of drug-likeness (QED) is 0.370. The van der Waals surface area contributed by atoms with Gasteiger partial charge in [-0.2, -0.15) is 0 Å². The van der Waals surface area contributed by atoms with E-state index in [1.165, 1.54) is 6.07 Å². The summed E-state index contributed by atoms with van der Waals surface area (Å²) < 4.78 is 39.5. The molecule has 3 aromatic rings. The molecule has 1 aliphatic rings. The van der Waals surface area contributed by atoms with Gasteiger partial charge in [0.2, 0.25) is 0 Å². The maximum Gasteiger partial charge on any atom is 0.260 e. The Morgan fingerprint density at radius 3 is 2.68 bits per heavy atom. The third-order valence-electron chi connectivity index (χ3n) is 5.71. The summed E-state index contributed by atoms with van der Waals surface area (Å²) in [6.07, 6.45) is 2.73. The van der Waals surface area contributed by atoms with E-state index >= 15 is 0 Å². The number of hydrogen-bond donors (Lipinski definition) is 0. The van der Waals surface area contributed by atoms with Crippen molar-refractivity contribution in [3.8, 4) is 5.75 Å². The Hall–Kier alpha value is -2.62. The van der Waals surface area contributed by atoms with E-state index in [0.29, 0.717) is 47.5 Å². The van der Waals surface area contributed by atoms with Crippen molar-refractivity contribution in [1.82, 2.24) is 9.88 Å². The lowest BCUT2D eigenvalue weighted by molar-refractivity contribution is 0.0376. The van der Waals surface area contributed by atoms with Crippen LogP contribution in [0.3, 0.4) is 0 Å². The Balaban J connectivity index is 1.54. The van der Waals surface area contributed by atoms with Gasteiger partial charge in [0.05, 0.1) is 24.5 Å². The molecule has 2 aromatic carbocycles. The topological polar surface area (TPSA) is 54.9 Å². The number of rotatable bonds is 10. The Labute approximate surface area is 202 Å². The second-order valence-corrected chi connectivity index (χ2v) is 9.23. The second-order valence-electron chi connectivity index (χ2n) is 8.22. The SMILES string of the molecule is CCCCOc1ccc(C(=O)N(CCCN2CCOCC2)c2nc3c(F)cc(F)cc3s2)cc1. The van der Waals surface area contributed by atoms with Gasteiger partial charge < -0.3 is 9.47 Å². The van der Waals surface area contributed by atoms with Gasteiger partial charge in [0.25, 0.3) is 5.91 Å². The fraction of sp³-hybridized carbons (Fsp3) is 0.440. The summed E-state index contributed by atoms with van der Waals surface area (Å²) in [6.45, 7) is 7.08. The number of morpholine rings is 1. The fourth-order valence-electron chi connectivity index (χ4n) is 3.81. The number of halogens is 2. The number of ether oxygens (including phenoxy) is 2. The molecule has 182 valence electrons.